The second-order valence-electron chi connectivity index (χ2n) is 12.2. The summed E-state index contributed by atoms with van der Waals surface area (Å²) < 4.78 is 2.57. The molecule has 0 amide bonds. The summed E-state index contributed by atoms with van der Waals surface area (Å²) in [5.74, 6) is 0.334. The highest BCUT2D eigenvalue weighted by Crippen LogP contribution is 2.41. The van der Waals surface area contributed by atoms with Gasteiger partial charge in [0, 0.05) is 27.7 Å². The minimum absolute atomic E-state index is 0.208. The Morgan fingerprint density at radius 1 is 0.578 bits per heavy atom. The fraction of sp³-hybridized carbons (Fsp3) is 0.116. The zero-order valence-electron chi connectivity index (χ0n) is 25.5. The van der Waals surface area contributed by atoms with Crippen molar-refractivity contribution in [2.24, 2.45) is 5.92 Å². The van der Waals surface area contributed by atoms with Crippen molar-refractivity contribution in [3.63, 3.8) is 0 Å². The molecule has 6 aromatic rings. The number of benzene rings is 5. The van der Waals surface area contributed by atoms with Crippen LogP contribution in [0.15, 0.2) is 170 Å². The fourth-order valence-corrected chi connectivity index (χ4v) is 7.18. The summed E-state index contributed by atoms with van der Waals surface area (Å²) in [5, 5.41) is 2.60. The van der Waals surface area contributed by atoms with Crippen LogP contribution in [0.5, 0.6) is 0 Å². The Morgan fingerprint density at radius 3 is 1.89 bits per heavy atom. The summed E-state index contributed by atoms with van der Waals surface area (Å²) in [5.41, 5.74) is 10.1. The highest BCUT2D eigenvalue weighted by molar-refractivity contribution is 6.09. The van der Waals surface area contributed by atoms with E-state index in [1.165, 1.54) is 55.5 Å². The normalized spacial score (nSPS) is 19.4. The second-order valence-corrected chi connectivity index (χ2v) is 12.2. The van der Waals surface area contributed by atoms with Crippen LogP contribution < -0.4 is 4.90 Å². The molecule has 0 bridgehead atoms. The SMILES string of the molecule is CC1C=C(c2ccccc2)C=CC1n1c2ccccc2c2ccc(N(c3ccccc3)C3C=CC(c4ccccc4)=CC3)cc21. The van der Waals surface area contributed by atoms with Crippen molar-refractivity contribution < 1.29 is 0 Å². The molecule has 0 radical (unpaired) electrons. The Morgan fingerprint density at radius 2 is 1.20 bits per heavy atom. The van der Waals surface area contributed by atoms with Gasteiger partial charge in [0.05, 0.1) is 17.6 Å². The first-order chi connectivity index (χ1) is 22.2. The number of aromatic nitrogens is 1. The molecule has 0 spiro atoms. The average molecular weight is 581 g/mol. The molecule has 218 valence electrons. The molecule has 45 heavy (non-hydrogen) atoms. The first kappa shape index (κ1) is 27.2. The van der Waals surface area contributed by atoms with Gasteiger partial charge in [0.25, 0.3) is 0 Å². The van der Waals surface area contributed by atoms with Crippen LogP contribution in [0.3, 0.4) is 0 Å². The molecule has 0 N–H and O–H groups in total. The van der Waals surface area contributed by atoms with Crippen LogP contribution in [0.4, 0.5) is 11.4 Å². The van der Waals surface area contributed by atoms with E-state index in [9.17, 15) is 0 Å². The molecule has 0 aliphatic heterocycles. The lowest BCUT2D eigenvalue weighted by atomic mass is 9.89. The van der Waals surface area contributed by atoms with Crippen LogP contribution in [-0.2, 0) is 0 Å². The van der Waals surface area contributed by atoms with Crippen molar-refractivity contribution in [3.8, 4) is 0 Å². The van der Waals surface area contributed by atoms with Gasteiger partial charge in [-0.05, 0) is 64.9 Å². The van der Waals surface area contributed by atoms with E-state index in [1.807, 2.05) is 0 Å². The zero-order chi connectivity index (χ0) is 30.2. The van der Waals surface area contributed by atoms with Gasteiger partial charge in [-0.15, -0.1) is 0 Å². The number of allylic oxidation sites excluding steroid dienone is 6. The van der Waals surface area contributed by atoms with Crippen molar-refractivity contribution in [1.29, 1.82) is 0 Å². The molecule has 0 fully saturated rings. The minimum atomic E-state index is 0.208. The van der Waals surface area contributed by atoms with Crippen molar-refractivity contribution in [3.05, 3.63) is 181 Å². The van der Waals surface area contributed by atoms with E-state index < -0.39 is 0 Å². The standard InChI is InChI=1S/C43H36N2/c1-31-29-35(33-15-7-3-8-16-33)23-28-41(31)45-42-20-12-11-19-39(42)40-27-26-38(30-43(40)45)44(36-17-9-4-10-18-36)37-24-21-34(22-25-37)32-13-5-2-6-14-32/h2-24,26-31,37,41H,25H2,1H3. The molecule has 2 aliphatic rings. The molecule has 3 atom stereocenters. The quantitative estimate of drug-likeness (QED) is 0.190. The summed E-state index contributed by atoms with van der Waals surface area (Å²) in [6, 6.07) is 48.6. The number of nitrogens with zero attached hydrogens (tertiary/aromatic N) is 2. The Labute approximate surface area is 265 Å². The zero-order valence-corrected chi connectivity index (χ0v) is 25.5. The van der Waals surface area contributed by atoms with Gasteiger partial charge in [0.2, 0.25) is 0 Å². The highest BCUT2D eigenvalue weighted by Gasteiger charge is 2.26. The van der Waals surface area contributed by atoms with Gasteiger partial charge in [0.1, 0.15) is 0 Å². The van der Waals surface area contributed by atoms with E-state index in [4.69, 9.17) is 0 Å². The molecule has 1 aromatic heterocycles. The minimum Gasteiger partial charge on any atom is -0.334 e. The van der Waals surface area contributed by atoms with Gasteiger partial charge in [-0.25, -0.2) is 0 Å². The number of rotatable bonds is 6. The Hall–Kier alpha value is -5.34. The molecule has 0 saturated heterocycles. The number of hydrogen-bond donors (Lipinski definition) is 0. The summed E-state index contributed by atoms with van der Waals surface area (Å²) in [4.78, 5) is 2.50. The van der Waals surface area contributed by atoms with Crippen LogP contribution in [0.1, 0.15) is 30.5 Å². The second kappa shape index (κ2) is 11.6. The van der Waals surface area contributed by atoms with E-state index in [1.54, 1.807) is 0 Å². The molecular formula is C43H36N2. The fourth-order valence-electron chi connectivity index (χ4n) is 7.18. The lowest BCUT2D eigenvalue weighted by molar-refractivity contribution is 0.511. The molecule has 2 heteroatoms. The first-order valence-electron chi connectivity index (χ1n) is 16.0. The third-order valence-electron chi connectivity index (χ3n) is 9.38. The Bertz CT molecular complexity index is 2100. The van der Waals surface area contributed by atoms with Crippen molar-refractivity contribution >= 4 is 44.3 Å². The monoisotopic (exact) mass is 580 g/mol. The van der Waals surface area contributed by atoms with Gasteiger partial charge >= 0.3 is 0 Å². The smallest absolute Gasteiger partial charge is 0.0586 e. The maximum atomic E-state index is 2.57. The van der Waals surface area contributed by atoms with Crippen LogP contribution in [0.25, 0.3) is 33.0 Å². The van der Waals surface area contributed by atoms with E-state index in [-0.39, 0.29) is 12.1 Å². The van der Waals surface area contributed by atoms with Crippen molar-refractivity contribution in [1.82, 2.24) is 4.57 Å². The maximum absolute atomic E-state index is 2.57. The van der Waals surface area contributed by atoms with E-state index in [2.05, 4.69) is 186 Å². The Kier molecular flexibility index (Phi) is 7.04. The predicted molar refractivity (Wildman–Crippen MR) is 192 cm³/mol. The van der Waals surface area contributed by atoms with Gasteiger partial charge in [-0.3, -0.25) is 0 Å². The number of para-hydroxylation sites is 2. The number of fused-ring (bicyclic) bond motifs is 3. The summed E-state index contributed by atoms with van der Waals surface area (Å²) >= 11 is 0. The first-order valence-corrected chi connectivity index (χ1v) is 16.0. The van der Waals surface area contributed by atoms with Gasteiger partial charge in [0.15, 0.2) is 0 Å². The van der Waals surface area contributed by atoms with E-state index in [0.29, 0.717) is 5.92 Å². The largest absolute Gasteiger partial charge is 0.334 e. The molecule has 2 nitrogen and oxygen atoms in total. The molecule has 0 saturated carbocycles. The number of hydrogen-bond acceptors (Lipinski definition) is 1. The van der Waals surface area contributed by atoms with Gasteiger partial charge in [-0.2, -0.15) is 0 Å². The molecule has 2 aliphatic carbocycles. The molecule has 1 heterocycles. The van der Waals surface area contributed by atoms with Crippen LogP contribution in [0, 0.1) is 5.92 Å². The van der Waals surface area contributed by atoms with Crippen LogP contribution in [-0.4, -0.2) is 10.6 Å². The van der Waals surface area contributed by atoms with Crippen molar-refractivity contribution in [2.45, 2.75) is 25.4 Å². The third kappa shape index (κ3) is 5.03. The van der Waals surface area contributed by atoms with E-state index >= 15 is 0 Å². The van der Waals surface area contributed by atoms with Gasteiger partial charge in [-0.1, -0.05) is 147 Å². The lowest BCUT2D eigenvalue weighted by Gasteiger charge is -2.33. The molecule has 5 aromatic carbocycles. The molecule has 8 rings (SSSR count). The lowest BCUT2D eigenvalue weighted by Crippen LogP contribution is -2.30. The summed E-state index contributed by atoms with van der Waals surface area (Å²) in [6.07, 6.45) is 15.1. The summed E-state index contributed by atoms with van der Waals surface area (Å²) in [7, 11) is 0. The van der Waals surface area contributed by atoms with Crippen molar-refractivity contribution in [2.75, 3.05) is 4.90 Å². The van der Waals surface area contributed by atoms with Crippen LogP contribution >= 0.6 is 0 Å². The third-order valence-corrected chi connectivity index (χ3v) is 9.38. The summed E-state index contributed by atoms with van der Waals surface area (Å²) in [6.45, 7) is 2.35. The Balaban J connectivity index is 1.22. The number of anilines is 2. The average Bonchev–Trinajstić information content (AvgIpc) is 3.43. The topological polar surface area (TPSA) is 8.17 Å². The molecule has 3 unspecified atom stereocenters. The van der Waals surface area contributed by atoms with Gasteiger partial charge < -0.3 is 9.47 Å². The molecular weight excluding hydrogens is 544 g/mol. The highest BCUT2D eigenvalue weighted by atomic mass is 15.2. The maximum Gasteiger partial charge on any atom is 0.0586 e. The van der Waals surface area contributed by atoms with E-state index in [0.717, 1.165) is 6.42 Å². The predicted octanol–water partition coefficient (Wildman–Crippen LogP) is 11.2. The van der Waals surface area contributed by atoms with Crippen LogP contribution in [0.2, 0.25) is 0 Å².